The smallest absolute Gasteiger partial charge is 0.161 e. The fourth-order valence-corrected chi connectivity index (χ4v) is 1.96. The van der Waals surface area contributed by atoms with E-state index in [0.717, 1.165) is 10.9 Å². The van der Waals surface area contributed by atoms with Gasteiger partial charge in [-0.15, -0.1) is 0 Å². The van der Waals surface area contributed by atoms with E-state index in [1.165, 1.54) is 0 Å². The van der Waals surface area contributed by atoms with Crippen LogP contribution in [0.2, 0.25) is 0 Å². The second-order valence-electron chi connectivity index (χ2n) is 4.30. The van der Waals surface area contributed by atoms with Crippen LogP contribution in [0.4, 0.5) is 5.69 Å². The molecule has 0 aliphatic carbocycles. The Balaban J connectivity index is 2.05. The Morgan fingerprint density at radius 3 is 2.55 bits per heavy atom. The number of nitrogens with two attached hydrogens (primary N) is 1. The van der Waals surface area contributed by atoms with Gasteiger partial charge in [0, 0.05) is 5.39 Å². The number of benzene rings is 2. The van der Waals surface area contributed by atoms with Crippen molar-refractivity contribution in [3.05, 3.63) is 60.3 Å². The van der Waals surface area contributed by atoms with E-state index in [2.05, 4.69) is 11.1 Å². The van der Waals surface area contributed by atoms with Crippen molar-refractivity contribution in [1.82, 2.24) is 4.98 Å². The maximum atomic E-state index is 8.78. The van der Waals surface area contributed by atoms with Crippen molar-refractivity contribution in [2.24, 2.45) is 0 Å². The summed E-state index contributed by atoms with van der Waals surface area (Å²) < 4.78 is 5.85. The molecule has 3 rings (SSSR count). The van der Waals surface area contributed by atoms with Gasteiger partial charge in [0.25, 0.3) is 0 Å². The molecule has 3 aromatic rings. The third-order valence-electron chi connectivity index (χ3n) is 2.96. The van der Waals surface area contributed by atoms with Gasteiger partial charge in [0.2, 0.25) is 0 Å². The minimum absolute atomic E-state index is 0.480. The number of para-hydroxylation sites is 1. The van der Waals surface area contributed by atoms with Gasteiger partial charge in [-0.2, -0.15) is 5.26 Å². The third kappa shape index (κ3) is 2.13. The number of hydrogen-bond acceptors (Lipinski definition) is 4. The standard InChI is InChI=1S/C16H11N3O/c17-9-11-5-7-12(8-6-11)20-16-13-3-1-2-4-15(13)19-10-14(16)18/h1-8,10H,18H2. The highest BCUT2D eigenvalue weighted by Gasteiger charge is 2.08. The first-order valence-electron chi connectivity index (χ1n) is 6.09. The van der Waals surface area contributed by atoms with Crippen LogP contribution >= 0.6 is 0 Å². The zero-order valence-electron chi connectivity index (χ0n) is 10.6. The number of rotatable bonds is 2. The Hall–Kier alpha value is -3.06. The quantitative estimate of drug-likeness (QED) is 0.766. The fourth-order valence-electron chi connectivity index (χ4n) is 1.96. The van der Waals surface area contributed by atoms with Crippen LogP contribution in [0.15, 0.2) is 54.7 Å². The molecule has 20 heavy (non-hydrogen) atoms. The van der Waals surface area contributed by atoms with Crippen LogP contribution in [0, 0.1) is 11.3 Å². The predicted molar refractivity (Wildman–Crippen MR) is 77.4 cm³/mol. The van der Waals surface area contributed by atoms with Gasteiger partial charge in [0.1, 0.15) is 5.75 Å². The van der Waals surface area contributed by atoms with Crippen LogP contribution in [0.1, 0.15) is 5.56 Å². The predicted octanol–water partition coefficient (Wildman–Crippen LogP) is 3.48. The normalized spacial score (nSPS) is 10.2. The molecule has 0 fully saturated rings. The summed E-state index contributed by atoms with van der Waals surface area (Å²) in [6.07, 6.45) is 1.58. The highest BCUT2D eigenvalue weighted by Crippen LogP contribution is 2.33. The van der Waals surface area contributed by atoms with Gasteiger partial charge in [-0.25, -0.2) is 0 Å². The second-order valence-corrected chi connectivity index (χ2v) is 4.30. The lowest BCUT2D eigenvalue weighted by Crippen LogP contribution is -1.95. The number of fused-ring (bicyclic) bond motifs is 1. The summed E-state index contributed by atoms with van der Waals surface area (Å²) >= 11 is 0. The van der Waals surface area contributed by atoms with Crippen molar-refractivity contribution in [2.45, 2.75) is 0 Å². The van der Waals surface area contributed by atoms with Gasteiger partial charge in [-0.3, -0.25) is 4.98 Å². The zero-order chi connectivity index (χ0) is 13.9. The van der Waals surface area contributed by atoms with Gasteiger partial charge in [-0.05, 0) is 36.4 Å². The Morgan fingerprint density at radius 1 is 1.05 bits per heavy atom. The number of nitrogen functional groups attached to an aromatic ring is 1. The van der Waals surface area contributed by atoms with Gasteiger partial charge in [0.05, 0.1) is 29.0 Å². The topological polar surface area (TPSA) is 71.9 Å². The maximum absolute atomic E-state index is 8.78. The van der Waals surface area contributed by atoms with Crippen LogP contribution in [0.5, 0.6) is 11.5 Å². The second kappa shape index (κ2) is 4.90. The molecule has 0 saturated heterocycles. The summed E-state index contributed by atoms with van der Waals surface area (Å²) in [4.78, 5) is 4.26. The van der Waals surface area contributed by atoms with Crippen molar-refractivity contribution in [3.63, 3.8) is 0 Å². The first-order valence-corrected chi connectivity index (χ1v) is 6.09. The van der Waals surface area contributed by atoms with Crippen molar-refractivity contribution in [3.8, 4) is 17.6 Å². The minimum Gasteiger partial charge on any atom is -0.454 e. The third-order valence-corrected chi connectivity index (χ3v) is 2.96. The lowest BCUT2D eigenvalue weighted by Gasteiger charge is -2.11. The van der Waals surface area contributed by atoms with Gasteiger partial charge in [0.15, 0.2) is 5.75 Å². The van der Waals surface area contributed by atoms with E-state index >= 15 is 0 Å². The lowest BCUT2D eigenvalue weighted by atomic mass is 10.2. The molecule has 2 aromatic carbocycles. The van der Waals surface area contributed by atoms with E-state index < -0.39 is 0 Å². The van der Waals surface area contributed by atoms with Crippen LogP contribution in [0.3, 0.4) is 0 Å². The van der Waals surface area contributed by atoms with Gasteiger partial charge < -0.3 is 10.5 Å². The van der Waals surface area contributed by atoms with Crippen LogP contribution < -0.4 is 10.5 Å². The number of hydrogen-bond donors (Lipinski definition) is 1. The Labute approximate surface area is 116 Å². The molecule has 1 aromatic heterocycles. The lowest BCUT2D eigenvalue weighted by molar-refractivity contribution is 0.490. The Bertz CT molecular complexity index is 804. The molecule has 0 saturated carbocycles. The summed E-state index contributed by atoms with van der Waals surface area (Å²) in [7, 11) is 0. The molecule has 0 aliphatic rings. The van der Waals surface area contributed by atoms with Gasteiger partial charge in [-0.1, -0.05) is 12.1 Å². The first kappa shape index (κ1) is 12.0. The summed E-state index contributed by atoms with van der Waals surface area (Å²) in [6, 6.07) is 16.6. The van der Waals surface area contributed by atoms with Crippen molar-refractivity contribution in [2.75, 3.05) is 5.73 Å². The number of pyridine rings is 1. The number of nitriles is 1. The van der Waals surface area contributed by atoms with E-state index in [0.29, 0.717) is 22.7 Å². The molecule has 96 valence electrons. The number of nitrogens with zero attached hydrogens (tertiary/aromatic N) is 2. The van der Waals surface area contributed by atoms with Crippen molar-refractivity contribution >= 4 is 16.6 Å². The molecule has 0 unspecified atom stereocenters. The summed E-state index contributed by atoms with van der Waals surface area (Å²) in [6.45, 7) is 0. The average Bonchev–Trinajstić information content (AvgIpc) is 2.51. The number of anilines is 1. The largest absolute Gasteiger partial charge is 0.454 e. The SMILES string of the molecule is N#Cc1ccc(Oc2c(N)cnc3ccccc23)cc1. The first-order chi connectivity index (χ1) is 9.78. The molecule has 2 N–H and O–H groups in total. The molecular formula is C16H11N3O. The van der Waals surface area contributed by atoms with E-state index in [9.17, 15) is 0 Å². The van der Waals surface area contributed by atoms with E-state index in [1.807, 2.05) is 24.3 Å². The van der Waals surface area contributed by atoms with Crippen LogP contribution in [-0.2, 0) is 0 Å². The number of ether oxygens (including phenoxy) is 1. The number of aromatic nitrogens is 1. The molecular weight excluding hydrogens is 250 g/mol. The summed E-state index contributed by atoms with van der Waals surface area (Å²) in [5, 5.41) is 9.64. The average molecular weight is 261 g/mol. The van der Waals surface area contributed by atoms with Crippen molar-refractivity contribution in [1.29, 1.82) is 5.26 Å². The maximum Gasteiger partial charge on any atom is 0.161 e. The van der Waals surface area contributed by atoms with Gasteiger partial charge >= 0.3 is 0 Å². The Kier molecular flexibility index (Phi) is 2.94. The Morgan fingerprint density at radius 2 is 1.80 bits per heavy atom. The highest BCUT2D eigenvalue weighted by molar-refractivity contribution is 5.89. The van der Waals surface area contributed by atoms with Crippen LogP contribution in [-0.4, -0.2) is 4.98 Å². The molecule has 0 aliphatic heterocycles. The molecule has 0 bridgehead atoms. The monoisotopic (exact) mass is 261 g/mol. The van der Waals surface area contributed by atoms with E-state index in [4.69, 9.17) is 15.7 Å². The summed E-state index contributed by atoms with van der Waals surface area (Å²) in [5.41, 5.74) is 7.84. The van der Waals surface area contributed by atoms with E-state index in [-0.39, 0.29) is 0 Å². The molecule has 0 amide bonds. The van der Waals surface area contributed by atoms with E-state index in [1.54, 1.807) is 30.5 Å². The fraction of sp³-hybridized carbons (Fsp3) is 0. The minimum atomic E-state index is 0.480. The summed E-state index contributed by atoms with van der Waals surface area (Å²) in [5.74, 6) is 1.22. The van der Waals surface area contributed by atoms with Crippen LogP contribution in [0.25, 0.3) is 10.9 Å². The van der Waals surface area contributed by atoms with Crippen molar-refractivity contribution < 1.29 is 4.74 Å². The molecule has 0 spiro atoms. The molecule has 1 heterocycles. The zero-order valence-corrected chi connectivity index (χ0v) is 10.6. The molecule has 4 nitrogen and oxygen atoms in total. The molecule has 0 atom stereocenters. The molecule has 0 radical (unpaired) electrons. The molecule has 4 heteroatoms. The highest BCUT2D eigenvalue weighted by atomic mass is 16.5.